The Morgan fingerprint density at radius 1 is 1.09 bits per heavy atom. The van der Waals surface area contributed by atoms with E-state index < -0.39 is 35.4 Å². The number of aryl methyl sites for hydroxylation is 1. The number of nitrogens with zero attached hydrogens (tertiary/aromatic N) is 1. The number of carbonyl (C=O) groups excluding carboxylic acids is 3. The van der Waals surface area contributed by atoms with Gasteiger partial charge in [-0.15, -0.1) is 0 Å². The Kier molecular flexibility index (Phi) is 11.5. The minimum atomic E-state index is -1.41. The third-order valence-electron chi connectivity index (χ3n) is 8.89. The van der Waals surface area contributed by atoms with Gasteiger partial charge in [-0.2, -0.15) is 0 Å². The average Bonchev–Trinajstić information content (AvgIpc) is 3.36. The first-order chi connectivity index (χ1) is 21.7. The summed E-state index contributed by atoms with van der Waals surface area (Å²) in [6.07, 6.45) is 0.741. The number of benzene rings is 2. The summed E-state index contributed by atoms with van der Waals surface area (Å²) in [5.41, 5.74) is 6.95. The van der Waals surface area contributed by atoms with E-state index in [0.29, 0.717) is 45.4 Å². The van der Waals surface area contributed by atoms with Gasteiger partial charge >= 0.3 is 6.09 Å². The summed E-state index contributed by atoms with van der Waals surface area (Å²) in [5.74, 6) is -1.81. The van der Waals surface area contributed by atoms with Gasteiger partial charge in [0.25, 0.3) is 0 Å². The van der Waals surface area contributed by atoms with Crippen molar-refractivity contribution in [2.75, 3.05) is 6.54 Å². The van der Waals surface area contributed by atoms with Crippen molar-refractivity contribution >= 4 is 69.5 Å². The molecule has 0 radical (unpaired) electrons. The van der Waals surface area contributed by atoms with E-state index in [1.807, 2.05) is 20.8 Å². The normalized spacial score (nSPS) is 17.9. The molecule has 3 aromatic rings. The highest BCUT2D eigenvalue weighted by Gasteiger charge is 2.46. The highest BCUT2D eigenvalue weighted by molar-refractivity contribution is 6.38. The van der Waals surface area contributed by atoms with Crippen molar-refractivity contribution < 1.29 is 24.3 Å². The molecule has 1 heterocycles. The van der Waals surface area contributed by atoms with E-state index in [9.17, 15) is 24.3 Å². The molecule has 10 nitrogen and oxygen atoms in total. The van der Waals surface area contributed by atoms with Crippen LogP contribution in [-0.4, -0.2) is 56.9 Å². The van der Waals surface area contributed by atoms with Crippen LogP contribution < -0.4 is 16.4 Å². The van der Waals surface area contributed by atoms with Crippen LogP contribution in [0.3, 0.4) is 0 Å². The first kappa shape index (κ1) is 35.4. The molecule has 0 bridgehead atoms. The van der Waals surface area contributed by atoms with E-state index in [1.54, 1.807) is 36.4 Å². The van der Waals surface area contributed by atoms with Crippen molar-refractivity contribution in [3.8, 4) is 0 Å². The van der Waals surface area contributed by atoms with Crippen LogP contribution in [0.15, 0.2) is 36.4 Å². The van der Waals surface area contributed by atoms with E-state index in [4.69, 9.17) is 40.5 Å². The number of carboxylic acid groups (broad SMARTS) is 1. The molecule has 0 saturated heterocycles. The van der Waals surface area contributed by atoms with E-state index in [1.165, 1.54) is 0 Å². The Bertz CT molecular complexity index is 1610. The smallest absolute Gasteiger partial charge is 0.408 e. The molecule has 13 heteroatoms. The van der Waals surface area contributed by atoms with E-state index in [0.717, 1.165) is 21.5 Å². The molecule has 2 aromatic carbocycles. The van der Waals surface area contributed by atoms with Crippen LogP contribution in [0.25, 0.3) is 10.9 Å². The first-order valence-electron chi connectivity index (χ1n) is 15.4. The van der Waals surface area contributed by atoms with Gasteiger partial charge in [0.05, 0.1) is 10.5 Å². The third kappa shape index (κ3) is 8.08. The minimum absolute atomic E-state index is 0.0465. The molecule has 1 aliphatic carbocycles. The largest absolute Gasteiger partial charge is 0.465 e. The number of rotatable bonds is 13. The number of hydrogen-bond acceptors (Lipinski definition) is 4. The third-order valence-corrected chi connectivity index (χ3v) is 9.66. The van der Waals surface area contributed by atoms with Gasteiger partial charge < -0.3 is 26.5 Å². The number of aromatic amines is 1. The lowest BCUT2D eigenvalue weighted by Gasteiger charge is -2.40. The van der Waals surface area contributed by atoms with Crippen LogP contribution in [0.1, 0.15) is 63.3 Å². The molecule has 248 valence electrons. The van der Waals surface area contributed by atoms with Gasteiger partial charge in [-0.25, -0.2) is 4.79 Å². The number of halogens is 3. The van der Waals surface area contributed by atoms with Crippen LogP contribution in [0.5, 0.6) is 0 Å². The predicted molar refractivity (Wildman–Crippen MR) is 180 cm³/mol. The minimum Gasteiger partial charge on any atom is -0.465 e. The number of amides is 4. The Morgan fingerprint density at radius 3 is 2.41 bits per heavy atom. The second kappa shape index (κ2) is 15.0. The lowest BCUT2D eigenvalue weighted by atomic mass is 9.78. The van der Waals surface area contributed by atoms with Gasteiger partial charge in [0.2, 0.25) is 17.7 Å². The molecule has 4 atom stereocenters. The summed E-state index contributed by atoms with van der Waals surface area (Å²) in [5, 5.41) is 18.5. The maximum atomic E-state index is 14.3. The van der Waals surface area contributed by atoms with Crippen molar-refractivity contribution in [3.05, 3.63) is 68.3 Å². The number of H-pyrrole nitrogens is 1. The fourth-order valence-electron chi connectivity index (χ4n) is 6.07. The Morgan fingerprint density at radius 2 is 1.78 bits per heavy atom. The van der Waals surface area contributed by atoms with Gasteiger partial charge in [0.1, 0.15) is 11.6 Å². The quantitative estimate of drug-likeness (QED) is 0.147. The molecule has 1 aromatic heterocycles. The number of fused-ring (bicyclic) bond motifs is 3. The summed E-state index contributed by atoms with van der Waals surface area (Å²) < 4.78 is 0. The summed E-state index contributed by atoms with van der Waals surface area (Å²) >= 11 is 18.9. The van der Waals surface area contributed by atoms with Crippen LogP contribution in [0, 0.1) is 11.8 Å². The molecule has 1 unspecified atom stereocenters. The Hall–Kier alpha value is -3.47. The Labute approximate surface area is 283 Å². The highest BCUT2D eigenvalue weighted by Crippen LogP contribution is 2.38. The zero-order valence-corrected chi connectivity index (χ0v) is 28.4. The lowest BCUT2D eigenvalue weighted by Crippen LogP contribution is -2.65. The molecular formula is C33H40Cl3N5O5. The van der Waals surface area contributed by atoms with Gasteiger partial charge in [0.15, 0.2) is 0 Å². The first-order valence-corrected chi connectivity index (χ1v) is 16.5. The fourth-order valence-corrected chi connectivity index (χ4v) is 6.73. The van der Waals surface area contributed by atoms with Crippen LogP contribution >= 0.6 is 34.8 Å². The van der Waals surface area contributed by atoms with Crippen molar-refractivity contribution in [1.29, 1.82) is 0 Å². The molecular weight excluding hydrogens is 653 g/mol. The standard InChI is InChI=1S/C33H40Cl3N5O5/c1-4-19(3)29(41(32(45)46)17-20-6-8-21(34)9-7-20)30(43)40-33(31(44)38-16-18(2)5-10-27(37)42)12-11-26-24(15-33)23-13-22(35)14-25(36)28(23)39-26/h6-9,13-14,18-19,29,39H,4-5,10-12,15-17H2,1-3H3,(H2,37,42)(H,38,44)(H,40,43)(H,45,46)/t18-,19-,29?,33+/m0/s1. The number of aromatic nitrogens is 1. The highest BCUT2D eigenvalue weighted by atomic mass is 35.5. The monoisotopic (exact) mass is 691 g/mol. The van der Waals surface area contributed by atoms with Gasteiger partial charge in [-0.1, -0.05) is 74.1 Å². The number of carbonyl (C=O) groups is 4. The topological polar surface area (TPSA) is 158 Å². The summed E-state index contributed by atoms with van der Waals surface area (Å²) in [6, 6.07) is 9.09. The van der Waals surface area contributed by atoms with Crippen molar-refractivity contribution in [1.82, 2.24) is 20.5 Å². The SMILES string of the molecule is CC[C@H](C)C(C(=O)N[C@]1(C(=O)NC[C@@H](C)CCC(N)=O)CCc2[nH]c3c(Cl)cc(Cl)cc3c2C1)N(Cc1ccc(Cl)cc1)C(=O)O. The molecule has 4 rings (SSSR count). The zero-order chi connectivity index (χ0) is 33.8. The van der Waals surface area contributed by atoms with E-state index in [2.05, 4.69) is 15.6 Å². The van der Waals surface area contributed by atoms with Crippen molar-refractivity contribution in [3.63, 3.8) is 0 Å². The lowest BCUT2D eigenvalue weighted by molar-refractivity contribution is -0.137. The summed E-state index contributed by atoms with van der Waals surface area (Å²) in [6.45, 7) is 5.81. The Balaban J connectivity index is 1.70. The molecule has 0 aliphatic heterocycles. The van der Waals surface area contributed by atoms with Crippen molar-refractivity contribution in [2.45, 2.75) is 77.4 Å². The van der Waals surface area contributed by atoms with Gasteiger partial charge in [-0.05, 0) is 66.5 Å². The number of primary amides is 1. The van der Waals surface area contributed by atoms with Crippen LogP contribution in [0.2, 0.25) is 15.1 Å². The second-order valence-electron chi connectivity index (χ2n) is 12.3. The predicted octanol–water partition coefficient (Wildman–Crippen LogP) is 6.08. The van der Waals surface area contributed by atoms with Crippen LogP contribution in [0.4, 0.5) is 4.79 Å². The van der Waals surface area contributed by atoms with E-state index in [-0.39, 0.29) is 44.2 Å². The fraction of sp³-hybridized carbons (Fsp3) is 0.455. The second-order valence-corrected chi connectivity index (χ2v) is 13.6. The van der Waals surface area contributed by atoms with Crippen LogP contribution in [-0.2, 0) is 33.8 Å². The molecule has 4 amide bonds. The number of hydrogen-bond donors (Lipinski definition) is 5. The molecule has 0 spiro atoms. The number of nitrogens with two attached hydrogens (primary N) is 1. The maximum absolute atomic E-state index is 14.3. The molecule has 1 aliphatic rings. The number of nitrogens with one attached hydrogen (secondary N) is 3. The van der Waals surface area contributed by atoms with Gasteiger partial charge in [0, 0.05) is 47.1 Å². The average molecular weight is 693 g/mol. The molecule has 46 heavy (non-hydrogen) atoms. The van der Waals surface area contributed by atoms with Gasteiger partial charge in [-0.3, -0.25) is 19.3 Å². The maximum Gasteiger partial charge on any atom is 0.408 e. The summed E-state index contributed by atoms with van der Waals surface area (Å²) in [7, 11) is 0. The zero-order valence-electron chi connectivity index (χ0n) is 26.1. The molecule has 0 fully saturated rings. The van der Waals surface area contributed by atoms with E-state index >= 15 is 0 Å². The summed E-state index contributed by atoms with van der Waals surface area (Å²) in [4.78, 5) is 56.9. The molecule has 0 saturated carbocycles. The molecule has 6 N–H and O–H groups in total. The van der Waals surface area contributed by atoms with Crippen molar-refractivity contribution in [2.24, 2.45) is 17.6 Å².